The zero-order chi connectivity index (χ0) is 16.1. The van der Waals surface area contributed by atoms with Gasteiger partial charge in [0.2, 0.25) is 5.79 Å². The molecule has 0 aromatic carbocycles. The van der Waals surface area contributed by atoms with E-state index in [1.165, 1.54) is 18.0 Å². The molecule has 2 aromatic heterocycles. The maximum atomic E-state index is 10.4. The monoisotopic (exact) mass is 309 g/mol. The molecule has 1 saturated heterocycles. The summed E-state index contributed by atoms with van der Waals surface area (Å²) >= 11 is 0. The summed E-state index contributed by atoms with van der Waals surface area (Å²) < 4.78 is 12.9. The van der Waals surface area contributed by atoms with Gasteiger partial charge in [-0.2, -0.15) is 5.10 Å². The highest BCUT2D eigenvalue weighted by molar-refractivity contribution is 5.65. The van der Waals surface area contributed by atoms with Crippen molar-refractivity contribution in [3.8, 4) is 0 Å². The number of aromatic nitrogens is 3. The number of rotatable bonds is 3. The fourth-order valence-electron chi connectivity index (χ4n) is 3.03. The average molecular weight is 309 g/mol. The minimum absolute atomic E-state index is 0.295. The number of nitrogens with zero attached hydrogens (tertiary/aromatic N) is 3. The molecule has 0 saturated carbocycles. The van der Waals surface area contributed by atoms with Crippen molar-refractivity contribution in [2.24, 2.45) is 5.73 Å². The standard InChI is InChI=1S/C13H19N5O4/c1-12(15)10(20)8(5-19)22-13(12,21-2)9-4-3-7-11(14)16-6-17-18(7)9/h3-4,6,8,10,19-20H,5,15H2,1-2H3,(H2,14,16,17). The quantitative estimate of drug-likeness (QED) is 0.541. The number of ether oxygens (including phenoxy) is 2. The molecular formula is C13H19N5O4. The Morgan fingerprint density at radius 2 is 2.23 bits per heavy atom. The molecule has 0 bridgehead atoms. The van der Waals surface area contributed by atoms with E-state index >= 15 is 0 Å². The van der Waals surface area contributed by atoms with Crippen molar-refractivity contribution in [1.82, 2.24) is 14.6 Å². The number of nitrogens with two attached hydrogens (primary N) is 2. The number of hydrogen-bond acceptors (Lipinski definition) is 8. The van der Waals surface area contributed by atoms with E-state index in [1.54, 1.807) is 19.1 Å². The van der Waals surface area contributed by atoms with Crippen molar-refractivity contribution in [2.45, 2.75) is 30.5 Å². The van der Waals surface area contributed by atoms with Gasteiger partial charge < -0.3 is 31.2 Å². The van der Waals surface area contributed by atoms with Crippen molar-refractivity contribution in [2.75, 3.05) is 19.5 Å². The lowest BCUT2D eigenvalue weighted by Gasteiger charge is -2.38. The Bertz CT molecular complexity index is 703. The SMILES string of the molecule is COC1(c2ccc3c(N)ncnn23)OC(CO)C(O)C1(C)N. The lowest BCUT2D eigenvalue weighted by atomic mass is 9.85. The molecular weight excluding hydrogens is 290 g/mol. The molecule has 1 fully saturated rings. The van der Waals surface area contributed by atoms with Crippen molar-refractivity contribution >= 4 is 11.3 Å². The fraction of sp³-hybridized carbons (Fsp3) is 0.538. The van der Waals surface area contributed by atoms with Crippen molar-refractivity contribution in [3.63, 3.8) is 0 Å². The third-order valence-electron chi connectivity index (χ3n) is 4.28. The van der Waals surface area contributed by atoms with Gasteiger partial charge in [0.1, 0.15) is 35.3 Å². The van der Waals surface area contributed by atoms with E-state index in [0.29, 0.717) is 17.0 Å². The van der Waals surface area contributed by atoms with E-state index in [9.17, 15) is 10.2 Å². The maximum absolute atomic E-state index is 10.4. The van der Waals surface area contributed by atoms with Gasteiger partial charge in [0.05, 0.1) is 6.61 Å². The Hall–Kier alpha value is -1.78. The van der Waals surface area contributed by atoms with Crippen LogP contribution in [0.4, 0.5) is 5.82 Å². The maximum Gasteiger partial charge on any atom is 0.233 e. The van der Waals surface area contributed by atoms with Crippen molar-refractivity contribution < 1.29 is 19.7 Å². The summed E-state index contributed by atoms with van der Waals surface area (Å²) in [6, 6.07) is 3.41. The summed E-state index contributed by atoms with van der Waals surface area (Å²) in [4.78, 5) is 3.92. The normalized spacial score (nSPS) is 35.3. The summed E-state index contributed by atoms with van der Waals surface area (Å²) in [5.74, 6) is -1.20. The fourth-order valence-corrected chi connectivity index (χ4v) is 3.03. The van der Waals surface area contributed by atoms with Crippen LogP contribution in [0.1, 0.15) is 12.6 Å². The van der Waals surface area contributed by atoms with Gasteiger partial charge in [0.25, 0.3) is 0 Å². The van der Waals surface area contributed by atoms with Gasteiger partial charge in [-0.1, -0.05) is 0 Å². The first-order chi connectivity index (χ1) is 10.4. The largest absolute Gasteiger partial charge is 0.394 e. The van der Waals surface area contributed by atoms with Crippen LogP contribution in [0.25, 0.3) is 5.52 Å². The first-order valence-corrected chi connectivity index (χ1v) is 6.78. The summed E-state index contributed by atoms with van der Waals surface area (Å²) in [6.45, 7) is 1.21. The van der Waals surface area contributed by atoms with Crippen LogP contribution in [0.15, 0.2) is 18.5 Å². The third kappa shape index (κ3) is 1.71. The van der Waals surface area contributed by atoms with E-state index in [2.05, 4.69) is 10.1 Å². The highest BCUT2D eigenvalue weighted by atomic mass is 16.7. The first-order valence-electron chi connectivity index (χ1n) is 6.78. The first kappa shape index (κ1) is 15.1. The van der Waals surface area contributed by atoms with Crippen LogP contribution in [0.3, 0.4) is 0 Å². The molecule has 3 rings (SSSR count). The molecule has 1 aliphatic rings. The summed E-state index contributed by atoms with van der Waals surface area (Å²) in [5.41, 5.74) is 11.8. The van der Waals surface area contributed by atoms with Crippen LogP contribution in [-0.4, -0.2) is 56.3 Å². The molecule has 2 aromatic rings. The highest BCUT2D eigenvalue weighted by Gasteiger charge is 2.64. The van der Waals surface area contributed by atoms with Crippen LogP contribution >= 0.6 is 0 Å². The van der Waals surface area contributed by atoms with Gasteiger partial charge >= 0.3 is 0 Å². The Balaban J connectivity index is 2.24. The zero-order valence-electron chi connectivity index (χ0n) is 12.3. The molecule has 9 nitrogen and oxygen atoms in total. The summed E-state index contributed by atoms with van der Waals surface area (Å²) in [5, 5.41) is 23.9. The highest BCUT2D eigenvalue weighted by Crippen LogP contribution is 2.46. The Labute approximate surface area is 126 Å². The summed E-state index contributed by atoms with van der Waals surface area (Å²) in [6.07, 6.45) is -0.695. The van der Waals surface area contributed by atoms with Gasteiger partial charge in [0.15, 0.2) is 5.82 Å². The van der Waals surface area contributed by atoms with E-state index in [1.807, 2.05) is 0 Å². The predicted molar refractivity (Wildman–Crippen MR) is 76.6 cm³/mol. The number of nitrogen functional groups attached to an aromatic ring is 1. The predicted octanol–water partition coefficient (Wildman–Crippen LogP) is -1.42. The Kier molecular flexibility index (Phi) is 3.34. The van der Waals surface area contributed by atoms with Crippen molar-refractivity contribution in [3.05, 3.63) is 24.2 Å². The second-order valence-corrected chi connectivity index (χ2v) is 5.55. The van der Waals surface area contributed by atoms with E-state index in [4.69, 9.17) is 20.9 Å². The van der Waals surface area contributed by atoms with Crippen LogP contribution in [0, 0.1) is 0 Å². The minimum Gasteiger partial charge on any atom is -0.394 e. The number of fused-ring (bicyclic) bond motifs is 1. The van der Waals surface area contributed by atoms with Gasteiger partial charge in [-0.3, -0.25) is 0 Å². The molecule has 0 radical (unpaired) electrons. The molecule has 3 heterocycles. The van der Waals surface area contributed by atoms with Gasteiger partial charge in [-0.25, -0.2) is 9.50 Å². The number of hydrogen-bond donors (Lipinski definition) is 4. The third-order valence-corrected chi connectivity index (χ3v) is 4.28. The van der Waals surface area contributed by atoms with Gasteiger partial charge in [0, 0.05) is 7.11 Å². The van der Waals surface area contributed by atoms with E-state index < -0.39 is 23.5 Å². The Morgan fingerprint density at radius 1 is 1.50 bits per heavy atom. The minimum atomic E-state index is -1.49. The summed E-state index contributed by atoms with van der Waals surface area (Å²) in [7, 11) is 1.42. The van der Waals surface area contributed by atoms with Crippen LogP contribution < -0.4 is 11.5 Å². The number of aliphatic hydroxyl groups is 2. The van der Waals surface area contributed by atoms with Crippen LogP contribution in [0.2, 0.25) is 0 Å². The van der Waals surface area contributed by atoms with Crippen LogP contribution in [0.5, 0.6) is 0 Å². The molecule has 6 N–H and O–H groups in total. The topological polar surface area (TPSA) is 141 Å². The molecule has 120 valence electrons. The molecule has 0 aliphatic carbocycles. The number of aliphatic hydroxyl groups excluding tert-OH is 2. The number of anilines is 1. The molecule has 4 unspecified atom stereocenters. The molecule has 4 atom stereocenters. The van der Waals surface area contributed by atoms with Gasteiger partial charge in [-0.15, -0.1) is 0 Å². The van der Waals surface area contributed by atoms with E-state index in [0.717, 1.165) is 0 Å². The van der Waals surface area contributed by atoms with E-state index in [-0.39, 0.29) is 6.61 Å². The average Bonchev–Trinajstić information content (AvgIpc) is 3.01. The molecule has 0 spiro atoms. The lowest BCUT2D eigenvalue weighted by molar-refractivity contribution is -0.249. The second kappa shape index (κ2) is 4.86. The lowest BCUT2D eigenvalue weighted by Crippen LogP contribution is -2.60. The smallest absolute Gasteiger partial charge is 0.233 e. The molecule has 0 amide bonds. The zero-order valence-corrected chi connectivity index (χ0v) is 12.3. The van der Waals surface area contributed by atoms with Crippen LogP contribution in [-0.2, 0) is 15.3 Å². The second-order valence-electron chi connectivity index (χ2n) is 5.55. The van der Waals surface area contributed by atoms with Gasteiger partial charge in [-0.05, 0) is 19.1 Å². The molecule has 9 heteroatoms. The molecule has 1 aliphatic heterocycles. The Morgan fingerprint density at radius 3 is 2.82 bits per heavy atom. The molecule has 22 heavy (non-hydrogen) atoms. The van der Waals surface area contributed by atoms with Crippen molar-refractivity contribution in [1.29, 1.82) is 0 Å². The number of methoxy groups -OCH3 is 1.